The van der Waals surface area contributed by atoms with E-state index < -0.39 is 0 Å². The van der Waals surface area contributed by atoms with Gasteiger partial charge in [0.15, 0.2) is 5.75 Å². The van der Waals surface area contributed by atoms with E-state index in [9.17, 15) is 4.79 Å². The number of carbonyl (C=O) groups excluding carboxylic acids is 1. The van der Waals surface area contributed by atoms with E-state index in [-0.39, 0.29) is 5.91 Å². The second-order valence-electron chi connectivity index (χ2n) is 4.23. The minimum Gasteiger partial charge on any atom is -0.452 e. The molecule has 0 bridgehead atoms. The summed E-state index contributed by atoms with van der Waals surface area (Å²) in [6.07, 6.45) is 0. The molecule has 1 aliphatic rings. The first-order valence-corrected chi connectivity index (χ1v) is 5.64. The van der Waals surface area contributed by atoms with Gasteiger partial charge in [-0.2, -0.15) is 0 Å². The van der Waals surface area contributed by atoms with Gasteiger partial charge in [0.25, 0.3) is 5.91 Å². The number of rotatable bonds is 0. The first-order valence-electron chi connectivity index (χ1n) is 5.64. The monoisotopic (exact) mass is 240 g/mol. The number of amides is 1. The van der Waals surface area contributed by atoms with Crippen molar-refractivity contribution in [1.29, 1.82) is 0 Å². The third-order valence-electron chi connectivity index (χ3n) is 2.95. The molecule has 1 heterocycles. The van der Waals surface area contributed by atoms with Crippen molar-refractivity contribution in [3.8, 4) is 11.5 Å². The molecule has 3 rings (SSSR count). The number of carbonyl (C=O) groups is 1. The van der Waals surface area contributed by atoms with Crippen LogP contribution in [0.1, 0.15) is 15.9 Å². The van der Waals surface area contributed by atoms with Gasteiger partial charge in [0, 0.05) is 0 Å². The lowest BCUT2D eigenvalue weighted by molar-refractivity contribution is 0.102. The van der Waals surface area contributed by atoms with Crippen LogP contribution in [0.25, 0.3) is 0 Å². The molecule has 0 radical (unpaired) electrons. The molecule has 0 saturated carbocycles. The molecule has 0 unspecified atom stereocenters. The summed E-state index contributed by atoms with van der Waals surface area (Å²) in [7, 11) is 0. The van der Waals surface area contributed by atoms with Crippen molar-refractivity contribution in [2.75, 3.05) is 11.1 Å². The van der Waals surface area contributed by atoms with Crippen LogP contribution in [0.4, 0.5) is 11.4 Å². The average Bonchev–Trinajstić information content (AvgIpc) is 2.49. The zero-order valence-corrected chi connectivity index (χ0v) is 9.86. The fraction of sp³-hybridized carbons (Fsp3) is 0.0714. The summed E-state index contributed by atoms with van der Waals surface area (Å²) in [6.45, 7) is 1.90. The van der Waals surface area contributed by atoms with Gasteiger partial charge >= 0.3 is 0 Å². The molecular weight excluding hydrogens is 228 g/mol. The highest BCUT2D eigenvalue weighted by molar-refractivity contribution is 6.08. The van der Waals surface area contributed by atoms with Gasteiger partial charge in [0.05, 0.1) is 16.9 Å². The van der Waals surface area contributed by atoms with E-state index in [1.807, 2.05) is 19.1 Å². The van der Waals surface area contributed by atoms with Crippen molar-refractivity contribution in [2.45, 2.75) is 6.92 Å². The Morgan fingerprint density at radius 1 is 1.11 bits per heavy atom. The summed E-state index contributed by atoms with van der Waals surface area (Å²) in [4.78, 5) is 12.1. The second kappa shape index (κ2) is 3.77. The molecule has 2 aromatic carbocycles. The molecule has 0 fully saturated rings. The summed E-state index contributed by atoms with van der Waals surface area (Å²) in [5.74, 6) is 0.878. The van der Waals surface area contributed by atoms with Crippen molar-refractivity contribution in [2.24, 2.45) is 0 Å². The maximum absolute atomic E-state index is 12.1. The molecule has 1 amide bonds. The van der Waals surface area contributed by atoms with E-state index in [0.29, 0.717) is 28.4 Å². The normalized spacial score (nSPS) is 12.8. The molecule has 90 valence electrons. The van der Waals surface area contributed by atoms with Gasteiger partial charge in [-0.25, -0.2) is 0 Å². The first-order chi connectivity index (χ1) is 8.66. The smallest absolute Gasteiger partial charge is 0.259 e. The van der Waals surface area contributed by atoms with Crippen molar-refractivity contribution < 1.29 is 9.53 Å². The Morgan fingerprint density at radius 3 is 2.72 bits per heavy atom. The number of anilines is 2. The van der Waals surface area contributed by atoms with Crippen LogP contribution in [0.2, 0.25) is 0 Å². The Kier molecular flexibility index (Phi) is 2.23. The Hall–Kier alpha value is -2.49. The maximum atomic E-state index is 12.1. The number of hydrogen-bond donors (Lipinski definition) is 2. The van der Waals surface area contributed by atoms with Crippen LogP contribution in [-0.4, -0.2) is 5.91 Å². The number of nitrogen functional groups attached to an aromatic ring is 1. The van der Waals surface area contributed by atoms with Crippen LogP contribution in [0.3, 0.4) is 0 Å². The van der Waals surface area contributed by atoms with Crippen LogP contribution in [-0.2, 0) is 0 Å². The average molecular weight is 240 g/mol. The van der Waals surface area contributed by atoms with E-state index in [1.54, 1.807) is 24.3 Å². The third-order valence-corrected chi connectivity index (χ3v) is 2.95. The minimum absolute atomic E-state index is 0.182. The molecule has 0 saturated heterocycles. The highest BCUT2D eigenvalue weighted by atomic mass is 16.5. The van der Waals surface area contributed by atoms with Crippen molar-refractivity contribution >= 4 is 17.3 Å². The lowest BCUT2D eigenvalue weighted by Gasteiger charge is -2.11. The van der Waals surface area contributed by atoms with E-state index >= 15 is 0 Å². The number of hydrogen-bond acceptors (Lipinski definition) is 3. The molecule has 0 aliphatic carbocycles. The third kappa shape index (κ3) is 1.50. The summed E-state index contributed by atoms with van der Waals surface area (Å²) >= 11 is 0. The van der Waals surface area contributed by atoms with E-state index in [1.165, 1.54) is 0 Å². The Morgan fingerprint density at radius 2 is 1.89 bits per heavy atom. The van der Waals surface area contributed by atoms with Crippen molar-refractivity contribution in [3.05, 3.63) is 47.5 Å². The summed E-state index contributed by atoms with van der Waals surface area (Å²) in [5, 5.41) is 2.80. The molecule has 2 aromatic rings. The van der Waals surface area contributed by atoms with Crippen molar-refractivity contribution in [1.82, 2.24) is 0 Å². The predicted octanol–water partition coefficient (Wildman–Crippen LogP) is 2.94. The van der Waals surface area contributed by atoms with E-state index in [2.05, 4.69) is 5.32 Å². The number of aryl methyl sites for hydroxylation is 1. The van der Waals surface area contributed by atoms with Gasteiger partial charge in [-0.15, -0.1) is 0 Å². The maximum Gasteiger partial charge on any atom is 0.259 e. The van der Waals surface area contributed by atoms with Crippen LogP contribution in [0.15, 0.2) is 36.4 Å². The van der Waals surface area contributed by atoms with Gasteiger partial charge in [0.2, 0.25) is 0 Å². The fourth-order valence-electron chi connectivity index (χ4n) is 2.03. The van der Waals surface area contributed by atoms with Gasteiger partial charge < -0.3 is 15.8 Å². The molecule has 3 N–H and O–H groups in total. The highest BCUT2D eigenvalue weighted by Gasteiger charge is 2.23. The van der Waals surface area contributed by atoms with Gasteiger partial charge in [-0.3, -0.25) is 4.79 Å². The number of fused-ring (bicyclic) bond motifs is 2. The standard InChI is InChI=1S/C14H12N2O2/c1-8-4-2-5-9-12(8)18-13-10(15)6-3-7-11(13)16-14(9)17/h2-7H,15H2,1H3,(H,16,17). The Bertz CT molecular complexity index is 650. The summed E-state index contributed by atoms with van der Waals surface area (Å²) in [5.41, 5.74) is 8.40. The number of benzene rings is 2. The SMILES string of the molecule is Cc1cccc2c1Oc1c(N)cccc1NC2=O. The molecule has 18 heavy (non-hydrogen) atoms. The molecule has 0 spiro atoms. The van der Waals surface area contributed by atoms with Gasteiger partial charge in [-0.1, -0.05) is 18.2 Å². The van der Waals surface area contributed by atoms with Crippen LogP contribution >= 0.6 is 0 Å². The fourth-order valence-corrected chi connectivity index (χ4v) is 2.03. The van der Waals surface area contributed by atoms with Gasteiger partial charge in [0.1, 0.15) is 5.75 Å². The largest absolute Gasteiger partial charge is 0.452 e. The van der Waals surface area contributed by atoms with E-state index in [0.717, 1.165) is 5.56 Å². The number of nitrogens with two attached hydrogens (primary N) is 1. The van der Waals surface area contributed by atoms with Crippen LogP contribution in [0.5, 0.6) is 11.5 Å². The van der Waals surface area contributed by atoms with Crippen molar-refractivity contribution in [3.63, 3.8) is 0 Å². The molecule has 4 heteroatoms. The highest BCUT2D eigenvalue weighted by Crippen LogP contribution is 2.40. The lowest BCUT2D eigenvalue weighted by atomic mass is 10.1. The summed E-state index contributed by atoms with van der Waals surface area (Å²) in [6, 6.07) is 10.8. The Labute approximate surface area is 104 Å². The molecule has 0 atom stereocenters. The minimum atomic E-state index is -0.182. The van der Waals surface area contributed by atoms with Crippen LogP contribution in [0, 0.1) is 6.92 Å². The zero-order valence-electron chi connectivity index (χ0n) is 9.86. The quantitative estimate of drug-likeness (QED) is 0.696. The number of nitrogens with one attached hydrogen (secondary N) is 1. The molecule has 4 nitrogen and oxygen atoms in total. The molecular formula is C14H12N2O2. The van der Waals surface area contributed by atoms with Gasteiger partial charge in [-0.05, 0) is 30.7 Å². The van der Waals surface area contributed by atoms with Crippen LogP contribution < -0.4 is 15.8 Å². The Balaban J connectivity index is 2.25. The number of ether oxygens (including phenoxy) is 1. The topological polar surface area (TPSA) is 64.3 Å². The number of para-hydroxylation sites is 2. The second-order valence-corrected chi connectivity index (χ2v) is 4.23. The van der Waals surface area contributed by atoms with E-state index in [4.69, 9.17) is 10.5 Å². The summed E-state index contributed by atoms with van der Waals surface area (Å²) < 4.78 is 5.83. The zero-order chi connectivity index (χ0) is 12.7. The molecule has 1 aliphatic heterocycles. The molecule has 0 aromatic heterocycles. The lowest BCUT2D eigenvalue weighted by Crippen LogP contribution is -2.10. The predicted molar refractivity (Wildman–Crippen MR) is 70.1 cm³/mol. The first kappa shape index (κ1) is 10.7.